The lowest BCUT2D eigenvalue weighted by Crippen LogP contribution is -2.62. The predicted molar refractivity (Wildman–Crippen MR) is 111 cm³/mol. The van der Waals surface area contributed by atoms with Crippen LogP contribution in [0, 0.1) is 0 Å². The maximum Gasteiger partial charge on any atom is 0.317 e. The van der Waals surface area contributed by atoms with Crippen molar-refractivity contribution in [2.24, 2.45) is 0 Å². The van der Waals surface area contributed by atoms with E-state index in [-0.39, 0.29) is 29.7 Å². The minimum Gasteiger partial charge on any atom is -0.338 e. The molecule has 0 radical (unpaired) electrons. The number of nitrogens with zero attached hydrogens (tertiary/aromatic N) is 2. The van der Waals surface area contributed by atoms with Crippen molar-refractivity contribution in [3.63, 3.8) is 0 Å². The third kappa shape index (κ3) is 4.17. The van der Waals surface area contributed by atoms with Gasteiger partial charge in [-0.25, -0.2) is 4.79 Å². The molecular weight excluding hydrogens is 352 g/mol. The van der Waals surface area contributed by atoms with Crippen LogP contribution in [0.2, 0.25) is 0 Å². The fourth-order valence-corrected chi connectivity index (χ4v) is 4.45. The zero-order valence-corrected chi connectivity index (χ0v) is 17.4. The molecule has 154 valence electrons. The highest BCUT2D eigenvalue weighted by Crippen LogP contribution is 2.35. The summed E-state index contributed by atoms with van der Waals surface area (Å²) in [6, 6.07) is 10.2. The van der Waals surface area contributed by atoms with Gasteiger partial charge in [0.05, 0.1) is 11.7 Å². The van der Waals surface area contributed by atoms with Crippen LogP contribution in [0.25, 0.3) is 0 Å². The number of urea groups is 1. The number of rotatable bonds is 6. The molecule has 1 aromatic carbocycles. The molecule has 2 atom stereocenters. The van der Waals surface area contributed by atoms with Crippen LogP contribution in [-0.2, 0) is 11.2 Å². The van der Waals surface area contributed by atoms with E-state index in [4.69, 9.17) is 0 Å². The van der Waals surface area contributed by atoms with Crippen molar-refractivity contribution in [1.82, 2.24) is 20.4 Å². The average Bonchev–Trinajstić information content (AvgIpc) is 2.97. The van der Waals surface area contributed by atoms with Gasteiger partial charge in [-0.1, -0.05) is 44.2 Å². The molecule has 6 nitrogen and oxygen atoms in total. The Morgan fingerprint density at radius 2 is 1.93 bits per heavy atom. The van der Waals surface area contributed by atoms with Crippen molar-refractivity contribution in [2.45, 2.75) is 70.6 Å². The van der Waals surface area contributed by atoms with Crippen LogP contribution < -0.4 is 10.6 Å². The van der Waals surface area contributed by atoms with Crippen molar-refractivity contribution in [3.8, 4) is 0 Å². The van der Waals surface area contributed by atoms with Crippen LogP contribution >= 0.6 is 0 Å². The van der Waals surface area contributed by atoms with Crippen molar-refractivity contribution in [1.29, 1.82) is 0 Å². The largest absolute Gasteiger partial charge is 0.338 e. The maximum atomic E-state index is 13.3. The Hall–Kier alpha value is -2.08. The van der Waals surface area contributed by atoms with E-state index in [2.05, 4.69) is 48.4 Å². The van der Waals surface area contributed by atoms with Gasteiger partial charge in [-0.3, -0.25) is 10.1 Å². The van der Waals surface area contributed by atoms with E-state index in [9.17, 15) is 9.59 Å². The average molecular weight is 387 g/mol. The Morgan fingerprint density at radius 3 is 2.54 bits per heavy atom. The molecule has 28 heavy (non-hydrogen) atoms. The molecule has 2 N–H and O–H groups in total. The first-order valence-electron chi connectivity index (χ1n) is 10.7. The maximum absolute atomic E-state index is 13.3. The molecule has 3 rings (SSSR count). The number of likely N-dealkylation sites (tertiary alicyclic amines) is 1. The standard InChI is InChI=1S/C22H34N4O2/c1-4-13-23-21(28)25-14-11-22(12-15-25)24-19(16-18-9-7-6-8-10-18)20(27)26(22)17(3)5-2/h6-10,17,19,24H,4-5,11-16H2,1-3H3,(H,23,28)/t17-,19+/m1/s1. The van der Waals surface area contributed by atoms with E-state index in [1.807, 2.05) is 23.1 Å². The number of nitrogens with one attached hydrogen (secondary N) is 2. The quantitative estimate of drug-likeness (QED) is 0.790. The van der Waals surface area contributed by atoms with Gasteiger partial charge in [-0.2, -0.15) is 0 Å². The third-order valence-corrected chi connectivity index (χ3v) is 6.16. The van der Waals surface area contributed by atoms with Gasteiger partial charge in [0.15, 0.2) is 0 Å². The van der Waals surface area contributed by atoms with Crippen LogP contribution in [0.4, 0.5) is 4.79 Å². The van der Waals surface area contributed by atoms with E-state index in [1.54, 1.807) is 0 Å². The monoisotopic (exact) mass is 386 g/mol. The molecule has 2 fully saturated rings. The molecule has 0 bridgehead atoms. The molecule has 2 saturated heterocycles. The van der Waals surface area contributed by atoms with Crippen molar-refractivity contribution in [2.75, 3.05) is 19.6 Å². The highest BCUT2D eigenvalue weighted by atomic mass is 16.2. The van der Waals surface area contributed by atoms with Gasteiger partial charge in [-0.05, 0) is 31.7 Å². The molecule has 2 aliphatic heterocycles. The summed E-state index contributed by atoms with van der Waals surface area (Å²) in [5, 5.41) is 6.65. The fourth-order valence-electron chi connectivity index (χ4n) is 4.45. The lowest BCUT2D eigenvalue weighted by atomic mass is 9.94. The van der Waals surface area contributed by atoms with Crippen LogP contribution in [0.5, 0.6) is 0 Å². The number of hydrogen-bond acceptors (Lipinski definition) is 3. The summed E-state index contributed by atoms with van der Waals surface area (Å²) in [7, 11) is 0. The SMILES string of the molecule is CCCNC(=O)N1CCC2(CC1)N[C@@H](Cc1ccccc1)C(=O)N2[C@H](C)CC. The Bertz CT molecular complexity index is 670. The molecule has 0 aliphatic carbocycles. The first kappa shape index (κ1) is 20.6. The van der Waals surface area contributed by atoms with Crippen molar-refractivity contribution < 1.29 is 9.59 Å². The Kier molecular flexibility index (Phi) is 6.60. The van der Waals surface area contributed by atoms with Gasteiger partial charge in [-0.15, -0.1) is 0 Å². The number of amides is 3. The van der Waals surface area contributed by atoms with Gasteiger partial charge >= 0.3 is 6.03 Å². The smallest absolute Gasteiger partial charge is 0.317 e. The Labute approximate surface area is 168 Å². The van der Waals surface area contributed by atoms with Gasteiger partial charge in [0.1, 0.15) is 0 Å². The highest BCUT2D eigenvalue weighted by Gasteiger charge is 2.52. The molecule has 1 spiro atoms. The van der Waals surface area contributed by atoms with Crippen LogP contribution in [0.15, 0.2) is 30.3 Å². The minimum absolute atomic E-state index is 0.0111. The number of carbonyl (C=O) groups is 2. The lowest BCUT2D eigenvalue weighted by Gasteiger charge is -2.46. The Morgan fingerprint density at radius 1 is 1.25 bits per heavy atom. The number of piperidine rings is 1. The van der Waals surface area contributed by atoms with E-state index in [1.165, 1.54) is 5.56 Å². The lowest BCUT2D eigenvalue weighted by molar-refractivity contribution is -0.136. The van der Waals surface area contributed by atoms with Gasteiger partial charge in [0.25, 0.3) is 0 Å². The normalized spacial score (nSPS) is 22.5. The van der Waals surface area contributed by atoms with E-state index in [0.717, 1.165) is 25.7 Å². The number of hydrogen-bond donors (Lipinski definition) is 2. The molecular formula is C22H34N4O2. The second kappa shape index (κ2) is 8.95. The summed E-state index contributed by atoms with van der Waals surface area (Å²) in [6.45, 7) is 8.35. The molecule has 0 unspecified atom stereocenters. The summed E-state index contributed by atoms with van der Waals surface area (Å²) >= 11 is 0. The van der Waals surface area contributed by atoms with Gasteiger partial charge < -0.3 is 15.1 Å². The third-order valence-electron chi connectivity index (χ3n) is 6.16. The summed E-state index contributed by atoms with van der Waals surface area (Å²) in [6.07, 6.45) is 4.10. The predicted octanol–water partition coefficient (Wildman–Crippen LogP) is 2.74. The molecule has 3 amide bonds. The van der Waals surface area contributed by atoms with E-state index < -0.39 is 0 Å². The second-order valence-electron chi connectivity index (χ2n) is 8.10. The van der Waals surface area contributed by atoms with Gasteiger partial charge in [0.2, 0.25) is 5.91 Å². The van der Waals surface area contributed by atoms with Crippen molar-refractivity contribution >= 4 is 11.9 Å². The van der Waals surface area contributed by atoms with Crippen LogP contribution in [0.1, 0.15) is 52.0 Å². The van der Waals surface area contributed by atoms with E-state index in [0.29, 0.717) is 26.1 Å². The topological polar surface area (TPSA) is 64.7 Å². The molecule has 2 heterocycles. The summed E-state index contributed by atoms with van der Waals surface area (Å²) in [5.41, 5.74) is 0.832. The summed E-state index contributed by atoms with van der Waals surface area (Å²) in [5.74, 6) is 0.196. The van der Waals surface area contributed by atoms with Crippen molar-refractivity contribution in [3.05, 3.63) is 35.9 Å². The molecule has 2 aliphatic rings. The first-order valence-corrected chi connectivity index (χ1v) is 10.7. The summed E-state index contributed by atoms with van der Waals surface area (Å²) in [4.78, 5) is 29.6. The molecule has 0 aromatic heterocycles. The minimum atomic E-state index is -0.340. The summed E-state index contributed by atoms with van der Waals surface area (Å²) < 4.78 is 0. The highest BCUT2D eigenvalue weighted by molar-refractivity contribution is 5.86. The second-order valence-corrected chi connectivity index (χ2v) is 8.10. The molecule has 0 saturated carbocycles. The fraction of sp³-hybridized carbons (Fsp3) is 0.636. The number of benzene rings is 1. The number of carbonyl (C=O) groups excluding carboxylic acids is 2. The van der Waals surface area contributed by atoms with Crippen LogP contribution in [-0.4, -0.2) is 59.1 Å². The zero-order chi connectivity index (χ0) is 20.1. The first-order chi connectivity index (χ1) is 13.5. The zero-order valence-electron chi connectivity index (χ0n) is 17.4. The molecule has 6 heteroatoms. The van der Waals surface area contributed by atoms with Gasteiger partial charge in [0, 0.05) is 38.5 Å². The molecule has 1 aromatic rings. The Balaban J connectivity index is 1.73. The van der Waals surface area contributed by atoms with Crippen LogP contribution in [0.3, 0.4) is 0 Å². The van der Waals surface area contributed by atoms with E-state index >= 15 is 0 Å².